The highest BCUT2D eigenvalue weighted by Crippen LogP contribution is 2.42. The number of carboxylic acids is 1. The van der Waals surface area contributed by atoms with Crippen LogP contribution in [-0.4, -0.2) is 61.4 Å². The predicted octanol–water partition coefficient (Wildman–Crippen LogP) is -0.0274. The Balaban J connectivity index is 2.06. The Morgan fingerprint density at radius 2 is 2.33 bits per heavy atom. The number of ether oxygens (including phenoxy) is 2. The summed E-state index contributed by atoms with van der Waals surface area (Å²) in [6, 6.07) is 0. The van der Waals surface area contributed by atoms with E-state index in [1.807, 2.05) is 6.92 Å². The number of amides is 1. The van der Waals surface area contributed by atoms with Gasteiger partial charge in [0.05, 0.1) is 12.0 Å². The number of likely N-dealkylation sites (tertiary alicyclic amines) is 1. The zero-order valence-electron chi connectivity index (χ0n) is 10.6. The molecule has 2 atom stereocenters. The van der Waals surface area contributed by atoms with E-state index >= 15 is 0 Å². The van der Waals surface area contributed by atoms with Gasteiger partial charge in [0.1, 0.15) is 6.61 Å². The van der Waals surface area contributed by atoms with Gasteiger partial charge >= 0.3 is 5.97 Å². The molecule has 1 N–H and O–H groups in total. The molecular weight excluding hydrogens is 238 g/mol. The lowest BCUT2D eigenvalue weighted by molar-refractivity contribution is -0.157. The molecule has 102 valence electrons. The second-order valence-corrected chi connectivity index (χ2v) is 4.89. The maximum Gasteiger partial charge on any atom is 0.311 e. The topological polar surface area (TPSA) is 76.1 Å². The molecule has 0 bridgehead atoms. The largest absolute Gasteiger partial charge is 0.481 e. The average Bonchev–Trinajstić information content (AvgIpc) is 2.76. The Morgan fingerprint density at radius 3 is 2.94 bits per heavy atom. The first kappa shape index (κ1) is 13.3. The number of hydrogen-bond acceptors (Lipinski definition) is 4. The van der Waals surface area contributed by atoms with Crippen molar-refractivity contribution in [2.24, 2.45) is 11.3 Å². The van der Waals surface area contributed by atoms with E-state index in [9.17, 15) is 14.7 Å². The van der Waals surface area contributed by atoms with Crippen molar-refractivity contribution >= 4 is 11.9 Å². The van der Waals surface area contributed by atoms with Crippen molar-refractivity contribution in [2.45, 2.75) is 13.3 Å². The molecule has 2 rings (SSSR count). The second-order valence-electron chi connectivity index (χ2n) is 4.89. The molecular formula is C12H19NO5. The van der Waals surface area contributed by atoms with Gasteiger partial charge in [0.25, 0.3) is 0 Å². The number of rotatable bonds is 4. The fourth-order valence-corrected chi connectivity index (χ4v) is 2.77. The number of carbonyl (C=O) groups excluding carboxylic acids is 1. The van der Waals surface area contributed by atoms with Gasteiger partial charge in [-0.25, -0.2) is 0 Å². The van der Waals surface area contributed by atoms with Gasteiger partial charge in [0, 0.05) is 32.2 Å². The van der Waals surface area contributed by atoms with E-state index in [-0.39, 0.29) is 25.0 Å². The molecule has 2 aliphatic heterocycles. The summed E-state index contributed by atoms with van der Waals surface area (Å²) in [5.41, 5.74) is -0.819. The van der Waals surface area contributed by atoms with Gasteiger partial charge in [-0.05, 0) is 13.3 Å². The normalized spacial score (nSPS) is 31.2. The minimum absolute atomic E-state index is 0.0276. The Kier molecular flexibility index (Phi) is 3.87. The maximum absolute atomic E-state index is 11.9. The highest BCUT2D eigenvalue weighted by molar-refractivity contribution is 5.81. The molecule has 0 unspecified atom stereocenters. The van der Waals surface area contributed by atoms with E-state index in [0.717, 1.165) is 0 Å². The van der Waals surface area contributed by atoms with Crippen LogP contribution in [0.25, 0.3) is 0 Å². The average molecular weight is 257 g/mol. The highest BCUT2D eigenvalue weighted by atomic mass is 16.5. The van der Waals surface area contributed by atoms with Crippen LogP contribution in [-0.2, 0) is 19.1 Å². The lowest BCUT2D eigenvalue weighted by Gasteiger charge is -2.33. The van der Waals surface area contributed by atoms with E-state index in [0.29, 0.717) is 32.8 Å². The third-order valence-electron chi connectivity index (χ3n) is 3.92. The maximum atomic E-state index is 11.9. The molecule has 6 heteroatoms. The summed E-state index contributed by atoms with van der Waals surface area (Å²) in [5.74, 6) is -1.05. The first-order valence-electron chi connectivity index (χ1n) is 6.27. The molecule has 0 saturated carbocycles. The number of carbonyl (C=O) groups is 2. The van der Waals surface area contributed by atoms with Gasteiger partial charge in [-0.15, -0.1) is 0 Å². The van der Waals surface area contributed by atoms with Gasteiger partial charge in [0.2, 0.25) is 5.91 Å². The van der Waals surface area contributed by atoms with Crippen LogP contribution in [0.2, 0.25) is 0 Å². The van der Waals surface area contributed by atoms with Crippen molar-refractivity contribution in [3.8, 4) is 0 Å². The van der Waals surface area contributed by atoms with Crippen molar-refractivity contribution in [1.82, 2.24) is 4.90 Å². The van der Waals surface area contributed by atoms with E-state index < -0.39 is 11.4 Å². The Hall–Kier alpha value is -1.14. The van der Waals surface area contributed by atoms with Crippen LogP contribution in [0.15, 0.2) is 0 Å². The van der Waals surface area contributed by atoms with Crippen LogP contribution in [0.5, 0.6) is 0 Å². The molecule has 0 aromatic heterocycles. The lowest BCUT2D eigenvalue weighted by atomic mass is 9.74. The predicted molar refractivity (Wildman–Crippen MR) is 62.1 cm³/mol. The summed E-state index contributed by atoms with van der Waals surface area (Å²) < 4.78 is 10.4. The Labute approximate surface area is 106 Å². The monoisotopic (exact) mass is 257 g/mol. The molecule has 0 aromatic carbocycles. The fourth-order valence-electron chi connectivity index (χ4n) is 2.77. The Morgan fingerprint density at radius 1 is 1.56 bits per heavy atom. The van der Waals surface area contributed by atoms with Gasteiger partial charge in [-0.3, -0.25) is 9.59 Å². The molecule has 2 heterocycles. The third kappa shape index (κ3) is 2.22. The molecule has 2 fully saturated rings. The van der Waals surface area contributed by atoms with Crippen LogP contribution in [0.3, 0.4) is 0 Å². The molecule has 2 saturated heterocycles. The minimum Gasteiger partial charge on any atom is -0.481 e. The van der Waals surface area contributed by atoms with E-state index in [4.69, 9.17) is 9.47 Å². The summed E-state index contributed by atoms with van der Waals surface area (Å²) in [6.45, 7) is 3.95. The van der Waals surface area contributed by atoms with Gasteiger partial charge in [-0.2, -0.15) is 0 Å². The summed E-state index contributed by atoms with van der Waals surface area (Å²) in [5, 5.41) is 9.45. The second kappa shape index (κ2) is 5.24. The van der Waals surface area contributed by atoms with Gasteiger partial charge in [0.15, 0.2) is 0 Å². The number of aliphatic carboxylic acids is 1. The molecule has 0 aromatic rings. The van der Waals surface area contributed by atoms with Crippen molar-refractivity contribution in [3.63, 3.8) is 0 Å². The molecule has 1 amide bonds. The third-order valence-corrected chi connectivity index (χ3v) is 3.92. The Bertz CT molecular complexity index is 345. The molecule has 0 aliphatic carbocycles. The quantitative estimate of drug-likeness (QED) is 0.765. The summed E-state index contributed by atoms with van der Waals surface area (Å²) in [4.78, 5) is 25.0. The van der Waals surface area contributed by atoms with Gasteiger partial charge in [-0.1, -0.05) is 0 Å². The molecule has 6 nitrogen and oxygen atoms in total. The van der Waals surface area contributed by atoms with E-state index in [2.05, 4.69) is 0 Å². The highest BCUT2D eigenvalue weighted by Gasteiger charge is 2.54. The molecule has 2 aliphatic rings. The minimum atomic E-state index is -0.819. The van der Waals surface area contributed by atoms with Crippen molar-refractivity contribution in [2.75, 3.05) is 39.5 Å². The smallest absolute Gasteiger partial charge is 0.311 e. The van der Waals surface area contributed by atoms with Crippen LogP contribution < -0.4 is 0 Å². The summed E-state index contributed by atoms with van der Waals surface area (Å²) in [6.07, 6.45) is 0.478. The van der Waals surface area contributed by atoms with Crippen molar-refractivity contribution in [1.29, 1.82) is 0 Å². The van der Waals surface area contributed by atoms with Gasteiger partial charge < -0.3 is 19.5 Å². The van der Waals surface area contributed by atoms with E-state index in [1.54, 1.807) is 4.90 Å². The van der Waals surface area contributed by atoms with Crippen LogP contribution in [0, 0.1) is 11.3 Å². The molecule has 0 spiro atoms. The number of nitrogens with zero attached hydrogens (tertiary/aromatic N) is 1. The zero-order chi connectivity index (χ0) is 13.2. The lowest BCUT2D eigenvalue weighted by Crippen LogP contribution is -2.45. The van der Waals surface area contributed by atoms with Crippen LogP contribution in [0.1, 0.15) is 13.3 Å². The fraction of sp³-hybridized carbons (Fsp3) is 0.833. The zero-order valence-corrected chi connectivity index (χ0v) is 10.6. The van der Waals surface area contributed by atoms with Crippen LogP contribution >= 0.6 is 0 Å². The first-order chi connectivity index (χ1) is 8.60. The first-order valence-corrected chi connectivity index (χ1v) is 6.27. The number of hydrogen-bond donors (Lipinski definition) is 1. The summed E-state index contributed by atoms with van der Waals surface area (Å²) in [7, 11) is 0. The van der Waals surface area contributed by atoms with Crippen LogP contribution in [0.4, 0.5) is 0 Å². The summed E-state index contributed by atoms with van der Waals surface area (Å²) >= 11 is 0. The molecule has 0 radical (unpaired) electrons. The SMILES string of the molecule is CCOCC(=O)N1C[C@H]2COCC[C@@]2(C(=O)O)C1. The standard InChI is InChI=1S/C12H19NO5/c1-2-17-7-10(14)13-5-9-6-18-4-3-12(9,8-13)11(15)16/h9H,2-8H2,1H3,(H,15,16)/t9-,12+/m0/s1. The van der Waals surface area contributed by atoms with E-state index in [1.165, 1.54) is 0 Å². The number of fused-ring (bicyclic) bond motifs is 1. The number of carboxylic acid groups (broad SMARTS) is 1. The molecule has 18 heavy (non-hydrogen) atoms. The van der Waals surface area contributed by atoms with Crippen molar-refractivity contribution in [3.05, 3.63) is 0 Å². The van der Waals surface area contributed by atoms with Crippen molar-refractivity contribution < 1.29 is 24.2 Å².